The molecular weight excluding hydrogens is 433 g/mol. The number of hydrogen-bond acceptors (Lipinski definition) is 5. The molecule has 0 saturated carbocycles. The Morgan fingerprint density at radius 3 is 2.21 bits per heavy atom. The van der Waals surface area contributed by atoms with E-state index in [2.05, 4.69) is 10.3 Å². The third-order valence-electron chi connectivity index (χ3n) is 6.13. The van der Waals surface area contributed by atoms with Crippen molar-refractivity contribution >= 4 is 11.9 Å². The van der Waals surface area contributed by atoms with E-state index in [1.807, 2.05) is 20.8 Å². The maximum Gasteiger partial charge on any atom is 0.232 e. The third-order valence-corrected chi connectivity index (χ3v) is 6.13. The molecule has 1 heterocycles. The molecular formula is C24H29F3N4O2. The van der Waals surface area contributed by atoms with E-state index in [-0.39, 0.29) is 36.3 Å². The van der Waals surface area contributed by atoms with Crippen LogP contribution in [0, 0.1) is 23.4 Å². The van der Waals surface area contributed by atoms with Gasteiger partial charge in [0.05, 0.1) is 18.5 Å². The van der Waals surface area contributed by atoms with Crippen LogP contribution in [0.5, 0.6) is 0 Å². The maximum absolute atomic E-state index is 14.3. The minimum atomic E-state index is -1.33. The van der Waals surface area contributed by atoms with Crippen LogP contribution in [0.1, 0.15) is 63.1 Å². The molecule has 1 aliphatic heterocycles. The summed E-state index contributed by atoms with van der Waals surface area (Å²) in [5.41, 5.74) is 6.36. The zero-order valence-corrected chi connectivity index (χ0v) is 19.1. The van der Waals surface area contributed by atoms with Crippen molar-refractivity contribution in [2.45, 2.75) is 58.5 Å². The molecule has 178 valence electrons. The molecule has 0 spiro atoms. The third kappa shape index (κ3) is 5.72. The second-order valence-corrected chi connectivity index (χ2v) is 9.03. The van der Waals surface area contributed by atoms with Crippen LogP contribution in [0.25, 0.3) is 0 Å². The van der Waals surface area contributed by atoms with E-state index in [0.29, 0.717) is 11.1 Å². The fourth-order valence-corrected chi connectivity index (χ4v) is 3.75. The van der Waals surface area contributed by atoms with Gasteiger partial charge in [0, 0.05) is 12.1 Å². The van der Waals surface area contributed by atoms with Gasteiger partial charge in [-0.05, 0) is 66.8 Å². The van der Waals surface area contributed by atoms with Crippen LogP contribution in [0.3, 0.4) is 0 Å². The molecule has 1 aliphatic rings. The second kappa shape index (κ2) is 9.52. The first-order chi connectivity index (χ1) is 15.4. The Balaban J connectivity index is 1.78. The molecule has 4 N–H and O–H groups in total. The van der Waals surface area contributed by atoms with Crippen molar-refractivity contribution in [2.75, 3.05) is 0 Å². The number of carbonyl (C=O) groups excluding carboxylic acids is 1. The number of hydrogen-bond donors (Lipinski definition) is 3. The van der Waals surface area contributed by atoms with Gasteiger partial charge in [0.15, 0.2) is 5.96 Å². The van der Waals surface area contributed by atoms with E-state index in [4.69, 9.17) is 5.73 Å². The first kappa shape index (κ1) is 24.7. The number of aliphatic hydroxyl groups is 1. The van der Waals surface area contributed by atoms with Gasteiger partial charge in [-0.15, -0.1) is 0 Å². The van der Waals surface area contributed by atoms with E-state index in [0.717, 1.165) is 24.3 Å². The van der Waals surface area contributed by atoms with Crippen LogP contribution < -0.4 is 11.1 Å². The van der Waals surface area contributed by atoms with Crippen molar-refractivity contribution in [3.05, 3.63) is 70.5 Å². The van der Waals surface area contributed by atoms with Gasteiger partial charge in [0.2, 0.25) is 5.91 Å². The fourth-order valence-electron chi connectivity index (χ4n) is 3.75. The largest absolute Gasteiger partial charge is 0.374 e. The van der Waals surface area contributed by atoms with E-state index in [1.165, 1.54) is 17.0 Å². The van der Waals surface area contributed by atoms with Gasteiger partial charge in [-0.1, -0.05) is 13.8 Å². The average molecular weight is 463 g/mol. The number of nitrogens with zero attached hydrogens (tertiary/aromatic N) is 2. The number of nitrogens with one attached hydrogen (secondary N) is 1. The van der Waals surface area contributed by atoms with Crippen LogP contribution >= 0.6 is 0 Å². The first-order valence-electron chi connectivity index (χ1n) is 10.7. The van der Waals surface area contributed by atoms with Crippen LogP contribution in [-0.2, 0) is 11.3 Å². The quantitative estimate of drug-likeness (QED) is 0.544. The van der Waals surface area contributed by atoms with Crippen LogP contribution in [-0.4, -0.2) is 27.4 Å². The molecule has 2 aromatic carbocycles. The number of aliphatic hydroxyl groups excluding tert-OH is 1. The minimum Gasteiger partial charge on any atom is -0.374 e. The topological polar surface area (TPSA) is 91.0 Å². The number of guanidine groups is 1. The predicted molar refractivity (Wildman–Crippen MR) is 119 cm³/mol. The van der Waals surface area contributed by atoms with E-state index >= 15 is 0 Å². The lowest BCUT2D eigenvalue weighted by Gasteiger charge is -2.37. The van der Waals surface area contributed by atoms with E-state index in [9.17, 15) is 23.1 Å². The Labute approximate surface area is 191 Å². The highest BCUT2D eigenvalue weighted by Gasteiger charge is 2.38. The highest BCUT2D eigenvalue weighted by molar-refractivity contribution is 5.99. The van der Waals surface area contributed by atoms with Crippen molar-refractivity contribution in [1.29, 1.82) is 0 Å². The second-order valence-electron chi connectivity index (χ2n) is 9.03. The molecule has 6 nitrogen and oxygen atoms in total. The number of rotatable bonds is 7. The standard InChI is InChI=1S/C24H29F3N4O2/c1-13(2)24(4)11-21(32)31(23(28)30-24)12-15-5-17(9-18(25)6-15)22(33)29-14(3)16-7-19(26)10-20(27)8-16/h5-10,13-14,22,29,33H,11-12H2,1-4H3,(H2,28,30). The molecule has 9 heteroatoms. The van der Waals surface area contributed by atoms with Crippen LogP contribution in [0.2, 0.25) is 0 Å². The molecule has 0 aromatic heterocycles. The SMILES string of the molecule is CC(NC(O)c1cc(F)cc(CN2C(=O)CC(C)(C(C)C)N=C2N)c1)c1cc(F)cc(F)c1. The minimum absolute atomic E-state index is 0.00944. The average Bonchev–Trinajstić information content (AvgIpc) is 2.69. The van der Waals surface area contributed by atoms with Crippen LogP contribution in [0.15, 0.2) is 41.4 Å². The molecule has 3 atom stereocenters. The molecule has 0 aliphatic carbocycles. The van der Waals surface area contributed by atoms with Gasteiger partial charge in [-0.25, -0.2) is 18.2 Å². The normalized spacial score (nSPS) is 20.7. The Bertz CT molecular complexity index is 1060. The van der Waals surface area contributed by atoms with E-state index < -0.39 is 35.3 Å². The van der Waals surface area contributed by atoms with Gasteiger partial charge in [0.25, 0.3) is 0 Å². The number of benzene rings is 2. The van der Waals surface area contributed by atoms with Crippen molar-refractivity contribution in [3.63, 3.8) is 0 Å². The van der Waals surface area contributed by atoms with Crippen molar-refractivity contribution in [2.24, 2.45) is 16.6 Å². The summed E-state index contributed by atoms with van der Waals surface area (Å²) >= 11 is 0. The van der Waals surface area contributed by atoms with Gasteiger partial charge < -0.3 is 10.8 Å². The molecule has 3 rings (SSSR count). The molecule has 0 bridgehead atoms. The summed E-state index contributed by atoms with van der Waals surface area (Å²) in [7, 11) is 0. The molecule has 33 heavy (non-hydrogen) atoms. The molecule has 3 unspecified atom stereocenters. The summed E-state index contributed by atoms with van der Waals surface area (Å²) in [6.07, 6.45) is -1.15. The Morgan fingerprint density at radius 2 is 1.64 bits per heavy atom. The summed E-state index contributed by atoms with van der Waals surface area (Å²) in [5, 5.41) is 13.4. The zero-order chi connectivity index (χ0) is 24.5. The van der Waals surface area contributed by atoms with Crippen molar-refractivity contribution in [3.8, 4) is 0 Å². The molecule has 1 amide bonds. The summed E-state index contributed by atoms with van der Waals surface area (Å²) < 4.78 is 41.3. The number of nitrogens with two attached hydrogens (primary N) is 1. The summed E-state index contributed by atoms with van der Waals surface area (Å²) in [6.45, 7) is 7.41. The number of aliphatic imine (C=N–C) groups is 1. The Kier molecular flexibility index (Phi) is 7.14. The number of amides is 1. The lowest BCUT2D eigenvalue weighted by Crippen LogP contribution is -2.51. The molecule has 0 fully saturated rings. The molecule has 0 saturated heterocycles. The highest BCUT2D eigenvalue weighted by Crippen LogP contribution is 2.30. The zero-order valence-electron chi connectivity index (χ0n) is 19.1. The Hall–Kier alpha value is -2.91. The lowest BCUT2D eigenvalue weighted by molar-refractivity contribution is -0.130. The summed E-state index contributed by atoms with van der Waals surface area (Å²) in [5.74, 6) is -2.13. The van der Waals surface area contributed by atoms with Crippen molar-refractivity contribution in [1.82, 2.24) is 10.2 Å². The van der Waals surface area contributed by atoms with Gasteiger partial charge in [-0.2, -0.15) is 0 Å². The van der Waals surface area contributed by atoms with Gasteiger partial charge in [0.1, 0.15) is 23.7 Å². The van der Waals surface area contributed by atoms with Crippen LogP contribution in [0.4, 0.5) is 13.2 Å². The van der Waals surface area contributed by atoms with Crippen molar-refractivity contribution < 1.29 is 23.1 Å². The maximum atomic E-state index is 14.3. The smallest absolute Gasteiger partial charge is 0.232 e. The number of halogens is 3. The molecule has 2 aromatic rings. The van der Waals surface area contributed by atoms with E-state index in [1.54, 1.807) is 6.92 Å². The molecule has 0 radical (unpaired) electrons. The number of carbonyl (C=O) groups is 1. The summed E-state index contributed by atoms with van der Waals surface area (Å²) in [6, 6.07) is 6.36. The lowest BCUT2D eigenvalue weighted by atomic mass is 9.84. The van der Waals surface area contributed by atoms with Gasteiger partial charge in [-0.3, -0.25) is 15.0 Å². The van der Waals surface area contributed by atoms with Gasteiger partial charge >= 0.3 is 0 Å². The monoisotopic (exact) mass is 462 g/mol. The fraction of sp³-hybridized carbons (Fsp3) is 0.417. The highest BCUT2D eigenvalue weighted by atomic mass is 19.1. The first-order valence-corrected chi connectivity index (χ1v) is 10.7. The predicted octanol–water partition coefficient (Wildman–Crippen LogP) is 3.91. The Morgan fingerprint density at radius 1 is 1.06 bits per heavy atom. The summed E-state index contributed by atoms with van der Waals surface area (Å²) in [4.78, 5) is 18.5.